The maximum Gasteiger partial charge on any atom is 0.416 e. The van der Waals surface area contributed by atoms with Crippen molar-refractivity contribution in [2.75, 3.05) is 19.7 Å². The van der Waals surface area contributed by atoms with E-state index in [0.717, 1.165) is 17.7 Å². The molecule has 3 rings (SSSR count). The molecule has 2 aromatic rings. The highest BCUT2D eigenvalue weighted by molar-refractivity contribution is 5.26. The number of hydrogen-bond donors (Lipinski definition) is 0. The van der Waals surface area contributed by atoms with Gasteiger partial charge in [0.05, 0.1) is 24.8 Å². The van der Waals surface area contributed by atoms with Crippen LogP contribution >= 0.6 is 0 Å². The molecule has 0 saturated carbocycles. The summed E-state index contributed by atoms with van der Waals surface area (Å²) in [6, 6.07) is 5.10. The van der Waals surface area contributed by atoms with Crippen LogP contribution in [0.5, 0.6) is 0 Å². The highest BCUT2D eigenvalue weighted by Gasteiger charge is 2.31. The molecule has 0 spiro atoms. The second kappa shape index (κ2) is 6.29. The molecule has 124 valence electrons. The molecule has 1 saturated heterocycles. The average molecular weight is 327 g/mol. The highest BCUT2D eigenvalue weighted by Crippen LogP contribution is 2.31. The highest BCUT2D eigenvalue weighted by atomic mass is 19.4. The van der Waals surface area contributed by atoms with Crippen molar-refractivity contribution in [1.29, 1.82) is 0 Å². The zero-order chi connectivity index (χ0) is 16.4. The fourth-order valence-electron chi connectivity index (χ4n) is 2.53. The van der Waals surface area contributed by atoms with Gasteiger partial charge in [0.25, 0.3) is 0 Å². The zero-order valence-corrected chi connectivity index (χ0v) is 12.5. The maximum absolute atomic E-state index is 12.6. The Balaban J connectivity index is 1.66. The first-order chi connectivity index (χ1) is 10.9. The van der Waals surface area contributed by atoms with E-state index in [1.807, 2.05) is 0 Å². The summed E-state index contributed by atoms with van der Waals surface area (Å²) in [5.41, 5.74) is 0.0691. The zero-order valence-electron chi connectivity index (χ0n) is 12.5. The molecule has 0 radical (unpaired) electrons. The lowest BCUT2D eigenvalue weighted by atomic mass is 10.1. The van der Waals surface area contributed by atoms with Crippen molar-refractivity contribution in [1.82, 2.24) is 15.1 Å². The number of aryl methyl sites for hydroxylation is 1. The third kappa shape index (κ3) is 3.89. The minimum atomic E-state index is -4.33. The molecule has 0 amide bonds. The molecular weight excluding hydrogens is 311 g/mol. The van der Waals surface area contributed by atoms with Gasteiger partial charge in [-0.3, -0.25) is 4.90 Å². The fraction of sp³-hybridized carbons (Fsp3) is 0.467. The summed E-state index contributed by atoms with van der Waals surface area (Å²) in [5, 5.41) is 7.73. The Morgan fingerprint density at radius 3 is 2.57 bits per heavy atom. The number of morpholine rings is 1. The molecule has 1 atom stereocenters. The molecule has 1 aliphatic heterocycles. The van der Waals surface area contributed by atoms with E-state index in [9.17, 15) is 13.2 Å². The summed E-state index contributed by atoms with van der Waals surface area (Å²) in [5.74, 6) is 1.03. The van der Waals surface area contributed by atoms with Gasteiger partial charge in [0.1, 0.15) is 0 Å². The summed E-state index contributed by atoms with van der Waals surface area (Å²) >= 11 is 0. The van der Waals surface area contributed by atoms with E-state index in [1.54, 1.807) is 6.92 Å². The van der Waals surface area contributed by atoms with Crippen molar-refractivity contribution >= 4 is 0 Å². The predicted molar refractivity (Wildman–Crippen MR) is 74.4 cm³/mol. The Morgan fingerprint density at radius 2 is 1.96 bits per heavy atom. The third-order valence-corrected chi connectivity index (χ3v) is 3.69. The molecule has 8 heteroatoms. The molecule has 1 aromatic carbocycles. The van der Waals surface area contributed by atoms with E-state index in [-0.39, 0.29) is 6.10 Å². The predicted octanol–water partition coefficient (Wildman–Crippen LogP) is 2.97. The molecule has 1 unspecified atom stereocenters. The van der Waals surface area contributed by atoms with Crippen molar-refractivity contribution in [2.45, 2.75) is 25.7 Å². The summed E-state index contributed by atoms with van der Waals surface area (Å²) < 4.78 is 48.8. The van der Waals surface area contributed by atoms with Crippen LogP contribution in [-0.2, 0) is 17.5 Å². The van der Waals surface area contributed by atoms with Gasteiger partial charge >= 0.3 is 6.18 Å². The molecular formula is C15H16F3N3O2. The Morgan fingerprint density at radius 1 is 1.22 bits per heavy atom. The van der Waals surface area contributed by atoms with Crippen LogP contribution in [-0.4, -0.2) is 34.8 Å². The van der Waals surface area contributed by atoms with Gasteiger partial charge in [-0.15, -0.1) is 10.2 Å². The number of benzene rings is 1. The van der Waals surface area contributed by atoms with Crippen LogP contribution in [0.4, 0.5) is 13.2 Å². The van der Waals surface area contributed by atoms with Crippen LogP contribution in [0.25, 0.3) is 0 Å². The lowest BCUT2D eigenvalue weighted by molar-refractivity contribution is -0.137. The smallest absolute Gasteiger partial charge is 0.416 e. The van der Waals surface area contributed by atoms with Crippen LogP contribution in [0, 0.1) is 6.92 Å². The van der Waals surface area contributed by atoms with Crippen LogP contribution < -0.4 is 0 Å². The first kappa shape index (κ1) is 15.9. The largest absolute Gasteiger partial charge is 0.424 e. The Bertz CT molecular complexity index is 655. The number of hydrogen-bond acceptors (Lipinski definition) is 5. The van der Waals surface area contributed by atoms with Crippen molar-refractivity contribution in [3.63, 3.8) is 0 Å². The van der Waals surface area contributed by atoms with Gasteiger partial charge in [0.2, 0.25) is 11.8 Å². The van der Waals surface area contributed by atoms with Crippen LogP contribution in [0.3, 0.4) is 0 Å². The van der Waals surface area contributed by atoms with Gasteiger partial charge < -0.3 is 9.15 Å². The van der Waals surface area contributed by atoms with Crippen molar-refractivity contribution in [3.8, 4) is 0 Å². The molecule has 0 N–H and O–H groups in total. The van der Waals surface area contributed by atoms with Gasteiger partial charge in [0.15, 0.2) is 0 Å². The van der Waals surface area contributed by atoms with Crippen LogP contribution in [0.15, 0.2) is 28.7 Å². The number of nitrogens with zero attached hydrogens (tertiary/aromatic N) is 3. The summed E-state index contributed by atoms with van der Waals surface area (Å²) in [4.78, 5) is 2.08. The molecule has 0 bridgehead atoms. The Labute approximate surface area is 131 Å². The molecule has 1 aromatic heterocycles. The fourth-order valence-corrected chi connectivity index (χ4v) is 2.53. The molecule has 5 nitrogen and oxygen atoms in total. The van der Waals surface area contributed by atoms with E-state index >= 15 is 0 Å². The minimum Gasteiger partial charge on any atom is -0.424 e. The summed E-state index contributed by atoms with van der Waals surface area (Å²) in [6.45, 7) is 3.99. The SMILES string of the molecule is Cc1nnc(CN2CCOC(c3ccc(C(F)(F)F)cc3)C2)o1. The number of alkyl halides is 3. The molecule has 1 fully saturated rings. The van der Waals surface area contributed by atoms with Gasteiger partial charge in [-0.05, 0) is 17.7 Å². The number of ether oxygens (including phenoxy) is 1. The molecule has 23 heavy (non-hydrogen) atoms. The van der Waals surface area contributed by atoms with Gasteiger partial charge in [0, 0.05) is 20.0 Å². The van der Waals surface area contributed by atoms with Crippen molar-refractivity contribution in [2.24, 2.45) is 0 Å². The molecule has 0 aliphatic carbocycles. The maximum atomic E-state index is 12.6. The summed E-state index contributed by atoms with van der Waals surface area (Å²) in [7, 11) is 0. The van der Waals surface area contributed by atoms with Crippen molar-refractivity contribution in [3.05, 3.63) is 47.2 Å². The normalized spacial score (nSPS) is 19.9. The standard InChI is InChI=1S/C15H16F3N3O2/c1-10-19-20-14(23-10)9-21-6-7-22-13(8-21)11-2-4-12(5-3-11)15(16,17)18/h2-5,13H,6-9H2,1H3. The van der Waals surface area contributed by atoms with E-state index in [4.69, 9.17) is 9.15 Å². The lowest BCUT2D eigenvalue weighted by Crippen LogP contribution is -2.37. The number of rotatable bonds is 3. The van der Waals surface area contributed by atoms with Gasteiger partial charge in [-0.1, -0.05) is 12.1 Å². The topological polar surface area (TPSA) is 51.4 Å². The van der Waals surface area contributed by atoms with E-state index < -0.39 is 11.7 Å². The number of aromatic nitrogens is 2. The van der Waals surface area contributed by atoms with Gasteiger partial charge in [-0.2, -0.15) is 13.2 Å². The van der Waals surface area contributed by atoms with E-state index in [2.05, 4.69) is 15.1 Å². The first-order valence-electron chi connectivity index (χ1n) is 7.22. The quantitative estimate of drug-likeness (QED) is 0.867. The molecule has 2 heterocycles. The monoisotopic (exact) mass is 327 g/mol. The second-order valence-corrected chi connectivity index (χ2v) is 5.43. The van der Waals surface area contributed by atoms with Crippen LogP contribution in [0.2, 0.25) is 0 Å². The van der Waals surface area contributed by atoms with Crippen LogP contribution in [0.1, 0.15) is 29.0 Å². The van der Waals surface area contributed by atoms with Crippen molar-refractivity contribution < 1.29 is 22.3 Å². The van der Waals surface area contributed by atoms with E-state index in [1.165, 1.54) is 12.1 Å². The minimum absolute atomic E-state index is 0.268. The summed E-state index contributed by atoms with van der Waals surface area (Å²) in [6.07, 6.45) is -4.59. The average Bonchev–Trinajstić information content (AvgIpc) is 2.92. The Kier molecular flexibility index (Phi) is 4.36. The second-order valence-electron chi connectivity index (χ2n) is 5.43. The lowest BCUT2D eigenvalue weighted by Gasteiger charge is -2.32. The number of halogens is 3. The first-order valence-corrected chi connectivity index (χ1v) is 7.22. The van der Waals surface area contributed by atoms with Gasteiger partial charge in [-0.25, -0.2) is 0 Å². The Hall–Kier alpha value is -1.93. The molecule has 1 aliphatic rings. The van der Waals surface area contributed by atoms with E-state index in [0.29, 0.717) is 38.0 Å². The third-order valence-electron chi connectivity index (χ3n) is 3.69.